The van der Waals surface area contributed by atoms with E-state index in [0.717, 1.165) is 0 Å². The Bertz CT molecular complexity index is 290. The molecule has 1 saturated carbocycles. The topological polar surface area (TPSA) is 44.4 Å². The van der Waals surface area contributed by atoms with Gasteiger partial charge in [0.2, 0.25) is 5.91 Å². The Balaban J connectivity index is 1.43. The van der Waals surface area contributed by atoms with Gasteiger partial charge in [0.05, 0.1) is 6.54 Å². The highest BCUT2D eigenvalue weighted by Crippen LogP contribution is 2.27. The molecule has 4 nitrogen and oxygen atoms in total. The SMILES string of the molecule is O=C(CNC1CCN2CCCCC12)NC1CC1. The first-order valence-electron chi connectivity index (χ1n) is 7.10. The third-order valence-electron chi connectivity index (χ3n) is 4.32. The number of hydrogen-bond donors (Lipinski definition) is 2. The van der Waals surface area contributed by atoms with Crippen LogP contribution in [-0.2, 0) is 4.79 Å². The zero-order valence-corrected chi connectivity index (χ0v) is 10.5. The van der Waals surface area contributed by atoms with Crippen LogP contribution in [0, 0.1) is 0 Å². The molecule has 3 aliphatic rings. The number of nitrogens with one attached hydrogen (secondary N) is 2. The van der Waals surface area contributed by atoms with Crippen molar-refractivity contribution in [2.24, 2.45) is 0 Å². The fraction of sp³-hybridized carbons (Fsp3) is 0.923. The Morgan fingerprint density at radius 2 is 2.00 bits per heavy atom. The van der Waals surface area contributed by atoms with E-state index in [0.29, 0.717) is 24.7 Å². The molecule has 3 rings (SSSR count). The van der Waals surface area contributed by atoms with Crippen LogP contribution < -0.4 is 10.6 Å². The number of carbonyl (C=O) groups excluding carboxylic acids is 1. The quantitative estimate of drug-likeness (QED) is 0.747. The van der Waals surface area contributed by atoms with Gasteiger partial charge < -0.3 is 10.6 Å². The molecule has 0 aromatic carbocycles. The number of rotatable bonds is 4. The van der Waals surface area contributed by atoms with Crippen molar-refractivity contribution in [2.45, 2.75) is 56.7 Å². The fourth-order valence-electron chi connectivity index (χ4n) is 3.22. The second kappa shape index (κ2) is 4.94. The van der Waals surface area contributed by atoms with Crippen molar-refractivity contribution < 1.29 is 4.79 Å². The zero-order chi connectivity index (χ0) is 11.7. The minimum absolute atomic E-state index is 0.182. The molecule has 0 bridgehead atoms. The minimum Gasteiger partial charge on any atom is -0.352 e. The highest BCUT2D eigenvalue weighted by molar-refractivity contribution is 5.78. The van der Waals surface area contributed by atoms with Gasteiger partial charge in [-0.05, 0) is 38.6 Å². The third kappa shape index (κ3) is 2.80. The molecule has 0 aromatic heterocycles. The summed E-state index contributed by atoms with van der Waals surface area (Å²) in [6.07, 6.45) is 7.57. The van der Waals surface area contributed by atoms with Crippen molar-refractivity contribution in [3.63, 3.8) is 0 Å². The molecule has 2 heterocycles. The number of hydrogen-bond acceptors (Lipinski definition) is 3. The predicted octanol–water partition coefficient (Wildman–Crippen LogP) is 0.481. The van der Waals surface area contributed by atoms with E-state index in [1.807, 2.05) is 0 Å². The second-order valence-electron chi connectivity index (χ2n) is 5.72. The Morgan fingerprint density at radius 1 is 1.12 bits per heavy atom. The monoisotopic (exact) mass is 237 g/mol. The summed E-state index contributed by atoms with van der Waals surface area (Å²) in [5, 5.41) is 6.49. The first-order valence-corrected chi connectivity index (χ1v) is 7.10. The lowest BCUT2D eigenvalue weighted by Gasteiger charge is -2.32. The Hall–Kier alpha value is -0.610. The maximum atomic E-state index is 11.6. The largest absolute Gasteiger partial charge is 0.352 e. The maximum absolute atomic E-state index is 11.6. The van der Waals surface area contributed by atoms with Crippen LogP contribution >= 0.6 is 0 Å². The normalized spacial score (nSPS) is 33.4. The standard InChI is InChI=1S/C13H23N3O/c17-13(15-10-4-5-10)9-14-11-6-8-16-7-2-1-3-12(11)16/h10-12,14H,1-9H2,(H,15,17). The Morgan fingerprint density at radius 3 is 2.82 bits per heavy atom. The van der Waals surface area contributed by atoms with Gasteiger partial charge in [-0.2, -0.15) is 0 Å². The van der Waals surface area contributed by atoms with Crippen LogP contribution in [0.2, 0.25) is 0 Å². The van der Waals surface area contributed by atoms with Gasteiger partial charge in [0.15, 0.2) is 0 Å². The summed E-state index contributed by atoms with van der Waals surface area (Å²) in [6.45, 7) is 2.98. The molecule has 2 saturated heterocycles. The van der Waals surface area contributed by atoms with Crippen molar-refractivity contribution >= 4 is 5.91 Å². The summed E-state index contributed by atoms with van der Waals surface area (Å²) < 4.78 is 0. The van der Waals surface area contributed by atoms with E-state index < -0.39 is 0 Å². The van der Waals surface area contributed by atoms with Crippen LogP contribution in [-0.4, -0.2) is 48.6 Å². The zero-order valence-electron chi connectivity index (χ0n) is 10.5. The first kappa shape index (κ1) is 11.5. The molecule has 0 spiro atoms. The van der Waals surface area contributed by atoms with E-state index in [4.69, 9.17) is 0 Å². The van der Waals surface area contributed by atoms with Crippen molar-refractivity contribution in [3.8, 4) is 0 Å². The van der Waals surface area contributed by atoms with Gasteiger partial charge in [-0.1, -0.05) is 6.42 Å². The van der Waals surface area contributed by atoms with Crippen LogP contribution in [0.25, 0.3) is 0 Å². The van der Waals surface area contributed by atoms with Gasteiger partial charge in [0.25, 0.3) is 0 Å². The van der Waals surface area contributed by atoms with E-state index in [2.05, 4.69) is 15.5 Å². The lowest BCUT2D eigenvalue weighted by Crippen LogP contribution is -2.47. The molecule has 2 unspecified atom stereocenters. The van der Waals surface area contributed by atoms with Gasteiger partial charge in [0.1, 0.15) is 0 Å². The third-order valence-corrected chi connectivity index (χ3v) is 4.32. The average Bonchev–Trinajstić information content (AvgIpc) is 3.06. The molecule has 0 aromatic rings. The molecule has 17 heavy (non-hydrogen) atoms. The predicted molar refractivity (Wildman–Crippen MR) is 66.8 cm³/mol. The van der Waals surface area contributed by atoms with Gasteiger partial charge in [-0.3, -0.25) is 9.69 Å². The van der Waals surface area contributed by atoms with E-state index in [-0.39, 0.29) is 5.91 Å². The lowest BCUT2D eigenvalue weighted by molar-refractivity contribution is -0.120. The fourth-order valence-corrected chi connectivity index (χ4v) is 3.22. The van der Waals surface area contributed by atoms with E-state index in [1.54, 1.807) is 0 Å². The van der Waals surface area contributed by atoms with Crippen LogP contribution in [0.5, 0.6) is 0 Å². The van der Waals surface area contributed by atoms with Crippen molar-refractivity contribution in [2.75, 3.05) is 19.6 Å². The molecular weight excluding hydrogens is 214 g/mol. The molecule has 2 atom stereocenters. The number of piperidine rings is 1. The molecule has 3 fully saturated rings. The van der Waals surface area contributed by atoms with Crippen LogP contribution in [0.15, 0.2) is 0 Å². The highest BCUT2D eigenvalue weighted by Gasteiger charge is 2.35. The molecule has 2 aliphatic heterocycles. The minimum atomic E-state index is 0.182. The van der Waals surface area contributed by atoms with Crippen LogP contribution in [0.3, 0.4) is 0 Å². The summed E-state index contributed by atoms with van der Waals surface area (Å²) in [6, 6.07) is 1.72. The number of fused-ring (bicyclic) bond motifs is 1. The maximum Gasteiger partial charge on any atom is 0.234 e. The highest BCUT2D eigenvalue weighted by atomic mass is 16.2. The molecule has 2 N–H and O–H groups in total. The number of carbonyl (C=O) groups is 1. The summed E-state index contributed by atoms with van der Waals surface area (Å²) in [5.74, 6) is 0.182. The average molecular weight is 237 g/mol. The molecule has 0 radical (unpaired) electrons. The van der Waals surface area contributed by atoms with Crippen molar-refractivity contribution in [1.29, 1.82) is 0 Å². The molecular formula is C13H23N3O. The van der Waals surface area contributed by atoms with Gasteiger partial charge in [-0.25, -0.2) is 0 Å². The van der Waals surface area contributed by atoms with Gasteiger partial charge in [0, 0.05) is 24.7 Å². The number of amides is 1. The van der Waals surface area contributed by atoms with Crippen molar-refractivity contribution in [3.05, 3.63) is 0 Å². The summed E-state index contributed by atoms with van der Waals surface area (Å²) in [4.78, 5) is 14.2. The molecule has 1 aliphatic carbocycles. The smallest absolute Gasteiger partial charge is 0.234 e. The first-order chi connectivity index (χ1) is 8.33. The summed E-state index contributed by atoms with van der Waals surface area (Å²) in [7, 11) is 0. The van der Waals surface area contributed by atoms with E-state index >= 15 is 0 Å². The van der Waals surface area contributed by atoms with Crippen molar-refractivity contribution in [1.82, 2.24) is 15.5 Å². The number of nitrogens with zero attached hydrogens (tertiary/aromatic N) is 1. The van der Waals surface area contributed by atoms with E-state index in [9.17, 15) is 4.79 Å². The van der Waals surface area contributed by atoms with Crippen LogP contribution in [0.4, 0.5) is 0 Å². The van der Waals surface area contributed by atoms with Gasteiger partial charge in [-0.15, -0.1) is 0 Å². The van der Waals surface area contributed by atoms with E-state index in [1.165, 1.54) is 51.6 Å². The Kier molecular flexibility index (Phi) is 3.34. The van der Waals surface area contributed by atoms with Gasteiger partial charge >= 0.3 is 0 Å². The molecule has 4 heteroatoms. The second-order valence-corrected chi connectivity index (χ2v) is 5.72. The summed E-state index contributed by atoms with van der Waals surface area (Å²) >= 11 is 0. The summed E-state index contributed by atoms with van der Waals surface area (Å²) in [5.41, 5.74) is 0. The Labute approximate surface area is 103 Å². The lowest BCUT2D eigenvalue weighted by atomic mass is 9.99. The van der Waals surface area contributed by atoms with Crippen LogP contribution in [0.1, 0.15) is 38.5 Å². The molecule has 1 amide bonds. The molecule has 96 valence electrons.